The molecule has 0 aromatic carbocycles. The molecule has 21 heavy (non-hydrogen) atoms. The van der Waals surface area contributed by atoms with Gasteiger partial charge in [0.1, 0.15) is 5.52 Å². The minimum absolute atomic E-state index is 0.475. The van der Waals surface area contributed by atoms with Crippen molar-refractivity contribution in [3.05, 3.63) is 6.33 Å². The number of H-pyrrole nitrogens is 1. The van der Waals surface area contributed by atoms with Crippen LogP contribution in [0.15, 0.2) is 6.33 Å². The van der Waals surface area contributed by atoms with Gasteiger partial charge in [-0.15, -0.1) is 0 Å². The Balaban J connectivity index is 1.89. The standard InChI is InChI=1S/C15H24N6/c1-3-16-15-20-13-12(17-9-18-13)14(21-15)19-11-8-6-4-5-7-10(11)2/h9-11H,3-8H2,1-2H3,(H3,16,17,18,19,20,21). The Morgan fingerprint density at radius 2 is 2.10 bits per heavy atom. The van der Waals surface area contributed by atoms with Crippen LogP contribution in [0.3, 0.4) is 0 Å². The van der Waals surface area contributed by atoms with E-state index < -0.39 is 0 Å². The number of imidazole rings is 1. The van der Waals surface area contributed by atoms with Gasteiger partial charge in [0.15, 0.2) is 11.5 Å². The third-order valence-electron chi connectivity index (χ3n) is 4.30. The third-order valence-corrected chi connectivity index (χ3v) is 4.30. The summed E-state index contributed by atoms with van der Waals surface area (Å²) in [6.45, 7) is 5.17. The molecule has 1 fully saturated rings. The summed E-state index contributed by atoms with van der Waals surface area (Å²) in [5, 5.41) is 6.81. The molecule has 2 aromatic rings. The zero-order chi connectivity index (χ0) is 14.7. The van der Waals surface area contributed by atoms with Gasteiger partial charge >= 0.3 is 0 Å². The second-order valence-electron chi connectivity index (χ2n) is 5.89. The van der Waals surface area contributed by atoms with Gasteiger partial charge in [-0.2, -0.15) is 9.97 Å². The fraction of sp³-hybridized carbons (Fsp3) is 0.667. The van der Waals surface area contributed by atoms with Crippen molar-refractivity contribution in [3.8, 4) is 0 Å². The molecule has 3 N–H and O–H groups in total. The molecule has 2 aromatic heterocycles. The number of aromatic nitrogens is 4. The average molecular weight is 288 g/mol. The minimum atomic E-state index is 0.475. The van der Waals surface area contributed by atoms with Gasteiger partial charge in [-0.3, -0.25) is 0 Å². The normalized spacial score (nSPS) is 23.0. The summed E-state index contributed by atoms with van der Waals surface area (Å²) in [6, 6.07) is 0.475. The number of anilines is 2. The molecular formula is C15H24N6. The number of hydrogen-bond acceptors (Lipinski definition) is 5. The highest BCUT2D eigenvalue weighted by molar-refractivity contribution is 5.83. The number of nitrogens with zero attached hydrogens (tertiary/aromatic N) is 3. The molecule has 1 aliphatic rings. The van der Waals surface area contributed by atoms with Crippen LogP contribution < -0.4 is 10.6 Å². The van der Waals surface area contributed by atoms with Crippen LogP contribution in [0.1, 0.15) is 46.0 Å². The summed E-state index contributed by atoms with van der Waals surface area (Å²) >= 11 is 0. The smallest absolute Gasteiger partial charge is 0.226 e. The van der Waals surface area contributed by atoms with Crippen molar-refractivity contribution < 1.29 is 0 Å². The SMILES string of the molecule is CCNc1nc(NC2CCCCCC2C)c2[nH]cnc2n1. The molecule has 6 nitrogen and oxygen atoms in total. The van der Waals surface area contributed by atoms with Gasteiger partial charge in [-0.05, 0) is 25.7 Å². The molecule has 2 unspecified atom stereocenters. The van der Waals surface area contributed by atoms with E-state index >= 15 is 0 Å². The first-order chi connectivity index (χ1) is 10.3. The van der Waals surface area contributed by atoms with E-state index in [1.165, 1.54) is 32.1 Å². The predicted molar refractivity (Wildman–Crippen MR) is 85.5 cm³/mol. The van der Waals surface area contributed by atoms with E-state index in [0.29, 0.717) is 23.6 Å². The van der Waals surface area contributed by atoms with Gasteiger partial charge in [0.2, 0.25) is 5.95 Å². The van der Waals surface area contributed by atoms with Crippen LogP contribution >= 0.6 is 0 Å². The monoisotopic (exact) mass is 288 g/mol. The van der Waals surface area contributed by atoms with E-state index in [0.717, 1.165) is 17.9 Å². The van der Waals surface area contributed by atoms with Crippen molar-refractivity contribution in [1.29, 1.82) is 0 Å². The second kappa shape index (κ2) is 6.28. The van der Waals surface area contributed by atoms with Gasteiger partial charge in [0.25, 0.3) is 0 Å². The number of aromatic amines is 1. The molecule has 0 aliphatic heterocycles. The van der Waals surface area contributed by atoms with Crippen molar-refractivity contribution in [2.24, 2.45) is 5.92 Å². The Bertz CT molecular complexity index is 593. The lowest BCUT2D eigenvalue weighted by molar-refractivity contribution is 0.456. The van der Waals surface area contributed by atoms with Crippen LogP contribution in [0, 0.1) is 5.92 Å². The summed E-state index contributed by atoms with van der Waals surface area (Å²) < 4.78 is 0. The predicted octanol–water partition coefficient (Wildman–Crippen LogP) is 3.17. The van der Waals surface area contributed by atoms with E-state index in [-0.39, 0.29) is 0 Å². The quantitative estimate of drug-likeness (QED) is 0.753. The van der Waals surface area contributed by atoms with E-state index in [1.807, 2.05) is 6.92 Å². The molecule has 1 saturated carbocycles. The Labute approximate surface area is 125 Å². The molecular weight excluding hydrogens is 264 g/mol. The average Bonchev–Trinajstić information content (AvgIpc) is 2.85. The number of fused-ring (bicyclic) bond motifs is 1. The maximum atomic E-state index is 4.62. The topological polar surface area (TPSA) is 78.5 Å². The van der Waals surface area contributed by atoms with E-state index in [1.54, 1.807) is 6.33 Å². The van der Waals surface area contributed by atoms with Gasteiger partial charge in [-0.25, -0.2) is 4.98 Å². The first-order valence-corrected chi connectivity index (χ1v) is 7.99. The molecule has 1 aliphatic carbocycles. The fourth-order valence-corrected chi connectivity index (χ4v) is 3.06. The van der Waals surface area contributed by atoms with Crippen LogP contribution in [-0.2, 0) is 0 Å². The summed E-state index contributed by atoms with van der Waals surface area (Å²) in [4.78, 5) is 16.4. The number of rotatable bonds is 4. The lowest BCUT2D eigenvalue weighted by Gasteiger charge is -2.23. The maximum absolute atomic E-state index is 4.62. The van der Waals surface area contributed by atoms with Crippen molar-refractivity contribution in [2.75, 3.05) is 17.2 Å². The highest BCUT2D eigenvalue weighted by Gasteiger charge is 2.21. The lowest BCUT2D eigenvalue weighted by atomic mass is 9.97. The molecule has 0 saturated heterocycles. The molecule has 0 amide bonds. The molecule has 6 heteroatoms. The molecule has 0 bridgehead atoms. The van der Waals surface area contributed by atoms with Crippen molar-refractivity contribution in [3.63, 3.8) is 0 Å². The molecule has 2 atom stereocenters. The van der Waals surface area contributed by atoms with Crippen LogP contribution in [0.25, 0.3) is 11.2 Å². The summed E-state index contributed by atoms with van der Waals surface area (Å²) in [7, 11) is 0. The van der Waals surface area contributed by atoms with Crippen LogP contribution in [-0.4, -0.2) is 32.5 Å². The Morgan fingerprint density at radius 1 is 1.24 bits per heavy atom. The summed E-state index contributed by atoms with van der Waals surface area (Å²) in [6.07, 6.45) is 8.14. The number of hydrogen-bond donors (Lipinski definition) is 3. The first-order valence-electron chi connectivity index (χ1n) is 7.99. The van der Waals surface area contributed by atoms with Crippen LogP contribution in [0.4, 0.5) is 11.8 Å². The summed E-state index contributed by atoms with van der Waals surface area (Å²) in [5.41, 5.74) is 1.61. The first kappa shape index (κ1) is 14.1. The summed E-state index contributed by atoms with van der Waals surface area (Å²) in [5.74, 6) is 2.18. The molecule has 0 spiro atoms. The molecule has 2 heterocycles. The van der Waals surface area contributed by atoms with E-state index in [9.17, 15) is 0 Å². The zero-order valence-corrected chi connectivity index (χ0v) is 12.8. The Kier molecular flexibility index (Phi) is 4.22. The zero-order valence-electron chi connectivity index (χ0n) is 12.8. The van der Waals surface area contributed by atoms with Crippen molar-refractivity contribution in [2.45, 2.75) is 52.0 Å². The minimum Gasteiger partial charge on any atom is -0.365 e. The van der Waals surface area contributed by atoms with Gasteiger partial charge < -0.3 is 15.6 Å². The van der Waals surface area contributed by atoms with Gasteiger partial charge in [0, 0.05) is 12.6 Å². The number of nitrogens with one attached hydrogen (secondary N) is 3. The Hall–Kier alpha value is -1.85. The van der Waals surface area contributed by atoms with E-state index in [2.05, 4.69) is 37.5 Å². The van der Waals surface area contributed by atoms with Crippen molar-refractivity contribution in [1.82, 2.24) is 19.9 Å². The highest BCUT2D eigenvalue weighted by atomic mass is 15.2. The maximum Gasteiger partial charge on any atom is 0.226 e. The second-order valence-corrected chi connectivity index (χ2v) is 5.89. The Morgan fingerprint density at radius 3 is 2.95 bits per heavy atom. The highest BCUT2D eigenvalue weighted by Crippen LogP contribution is 2.27. The van der Waals surface area contributed by atoms with Crippen molar-refractivity contribution >= 4 is 22.9 Å². The van der Waals surface area contributed by atoms with Crippen LogP contribution in [0.2, 0.25) is 0 Å². The lowest BCUT2D eigenvalue weighted by Crippen LogP contribution is -2.27. The molecule has 0 radical (unpaired) electrons. The van der Waals surface area contributed by atoms with E-state index in [4.69, 9.17) is 0 Å². The van der Waals surface area contributed by atoms with Gasteiger partial charge in [-0.1, -0.05) is 26.2 Å². The third kappa shape index (κ3) is 3.09. The molecule has 3 rings (SSSR count). The largest absolute Gasteiger partial charge is 0.365 e. The van der Waals surface area contributed by atoms with Gasteiger partial charge in [0.05, 0.1) is 6.33 Å². The fourth-order valence-electron chi connectivity index (χ4n) is 3.06. The molecule has 114 valence electrons. The van der Waals surface area contributed by atoms with Crippen LogP contribution in [0.5, 0.6) is 0 Å².